The first-order valence-corrected chi connectivity index (χ1v) is 11.6. The van der Waals surface area contributed by atoms with Crippen LogP contribution in [-0.4, -0.2) is 31.9 Å². The number of nitrogens with one attached hydrogen (secondary N) is 1. The van der Waals surface area contributed by atoms with E-state index in [1.165, 1.54) is 19.3 Å². The quantitative estimate of drug-likeness (QED) is 0.758. The number of rotatable bonds is 5. The predicted molar refractivity (Wildman–Crippen MR) is 113 cm³/mol. The Labute approximate surface area is 168 Å². The second kappa shape index (κ2) is 8.73. The third kappa shape index (κ3) is 5.10. The summed E-state index contributed by atoms with van der Waals surface area (Å²) in [6, 6.07) is 9.12. The average Bonchev–Trinajstić information content (AvgIpc) is 2.68. The third-order valence-corrected chi connectivity index (χ3v) is 7.42. The van der Waals surface area contributed by atoms with Crippen LogP contribution in [0, 0.1) is 0 Å². The van der Waals surface area contributed by atoms with Crippen molar-refractivity contribution in [3.05, 3.63) is 42.7 Å². The molecule has 0 bridgehead atoms. The number of aromatic nitrogens is 1. The SMILES string of the molecule is CC(C)(C)[S+]([O-])c1ccc([S+]([O-])Nc2cnccc2N2CCCCC2)cc1. The zero-order valence-electron chi connectivity index (χ0n) is 16.1. The van der Waals surface area contributed by atoms with Crippen LogP contribution in [0.25, 0.3) is 0 Å². The molecule has 27 heavy (non-hydrogen) atoms. The van der Waals surface area contributed by atoms with E-state index in [4.69, 9.17) is 0 Å². The number of anilines is 2. The highest BCUT2D eigenvalue weighted by molar-refractivity contribution is 7.93. The molecule has 0 saturated carbocycles. The van der Waals surface area contributed by atoms with E-state index in [1.54, 1.807) is 36.7 Å². The molecule has 3 rings (SSSR count). The van der Waals surface area contributed by atoms with Crippen LogP contribution >= 0.6 is 0 Å². The molecular weight excluding hydrogens is 378 g/mol. The fourth-order valence-corrected chi connectivity index (χ4v) is 5.02. The molecule has 1 aliphatic heterocycles. The van der Waals surface area contributed by atoms with Crippen molar-refractivity contribution in [1.29, 1.82) is 0 Å². The second-order valence-corrected chi connectivity index (χ2v) is 11.1. The Balaban J connectivity index is 1.73. The van der Waals surface area contributed by atoms with Crippen molar-refractivity contribution < 1.29 is 9.11 Å². The molecular formula is C20H27N3O2S2. The second-order valence-electron chi connectivity index (χ2n) is 7.66. The molecule has 0 spiro atoms. The lowest BCUT2D eigenvalue weighted by Crippen LogP contribution is -2.30. The molecule has 2 heterocycles. The molecule has 2 unspecified atom stereocenters. The summed E-state index contributed by atoms with van der Waals surface area (Å²) in [5.74, 6) is 0. The summed E-state index contributed by atoms with van der Waals surface area (Å²) in [6.07, 6.45) is 7.12. The van der Waals surface area contributed by atoms with Gasteiger partial charge in [-0.15, -0.1) is 0 Å². The van der Waals surface area contributed by atoms with Gasteiger partial charge >= 0.3 is 0 Å². The van der Waals surface area contributed by atoms with Gasteiger partial charge in [-0.3, -0.25) is 4.98 Å². The molecule has 2 aromatic rings. The summed E-state index contributed by atoms with van der Waals surface area (Å²) in [6.45, 7) is 7.86. The van der Waals surface area contributed by atoms with Gasteiger partial charge in [-0.25, -0.2) is 0 Å². The highest BCUT2D eigenvalue weighted by atomic mass is 32.2. The first-order chi connectivity index (χ1) is 12.9. The Morgan fingerprint density at radius 3 is 2.22 bits per heavy atom. The van der Waals surface area contributed by atoms with E-state index in [9.17, 15) is 9.11 Å². The van der Waals surface area contributed by atoms with Gasteiger partial charge in [-0.05, 0) is 69.4 Å². The lowest BCUT2D eigenvalue weighted by Gasteiger charge is -2.30. The smallest absolute Gasteiger partial charge is 0.180 e. The van der Waals surface area contributed by atoms with Gasteiger partial charge in [-0.1, -0.05) is 0 Å². The number of pyridine rings is 1. The van der Waals surface area contributed by atoms with Crippen LogP contribution in [0.1, 0.15) is 40.0 Å². The van der Waals surface area contributed by atoms with Gasteiger partial charge in [0.2, 0.25) is 0 Å². The first-order valence-electron chi connectivity index (χ1n) is 9.25. The maximum atomic E-state index is 12.8. The molecule has 1 aromatic carbocycles. The highest BCUT2D eigenvalue weighted by Crippen LogP contribution is 2.30. The summed E-state index contributed by atoms with van der Waals surface area (Å²) in [5, 5.41) is 0. The van der Waals surface area contributed by atoms with Crippen LogP contribution in [0.2, 0.25) is 0 Å². The molecule has 1 saturated heterocycles. The minimum atomic E-state index is -1.41. The van der Waals surface area contributed by atoms with E-state index in [0.717, 1.165) is 29.4 Å². The predicted octanol–water partition coefficient (Wildman–Crippen LogP) is 4.11. The molecule has 1 N–H and O–H groups in total. The van der Waals surface area contributed by atoms with Crippen LogP contribution in [0.5, 0.6) is 0 Å². The maximum absolute atomic E-state index is 12.8. The fourth-order valence-electron chi connectivity index (χ4n) is 3.08. The largest absolute Gasteiger partial charge is 0.611 e. The van der Waals surface area contributed by atoms with Crippen molar-refractivity contribution in [2.24, 2.45) is 0 Å². The van der Waals surface area contributed by atoms with Gasteiger partial charge in [0.1, 0.15) is 21.8 Å². The maximum Gasteiger partial charge on any atom is 0.180 e. The van der Waals surface area contributed by atoms with Crippen molar-refractivity contribution >= 4 is 33.9 Å². The van der Waals surface area contributed by atoms with Crippen molar-refractivity contribution in [1.82, 2.24) is 4.98 Å². The van der Waals surface area contributed by atoms with Crippen molar-refractivity contribution in [3.8, 4) is 0 Å². The molecule has 7 heteroatoms. The standard InChI is InChI=1S/C20H27N3O2S2/c1-20(2,3)26(24)16-7-9-17(10-8-16)27(25)22-18-15-21-12-11-19(18)23-13-5-4-6-14-23/h7-12,15,22H,4-6,13-14H2,1-3H3. The number of hydrogen-bond donors (Lipinski definition) is 1. The highest BCUT2D eigenvalue weighted by Gasteiger charge is 2.28. The van der Waals surface area contributed by atoms with Crippen LogP contribution in [0.4, 0.5) is 11.4 Å². The Kier molecular flexibility index (Phi) is 6.57. The lowest BCUT2D eigenvalue weighted by atomic mass is 10.1. The van der Waals surface area contributed by atoms with E-state index in [1.807, 2.05) is 26.8 Å². The molecule has 1 aliphatic rings. The lowest BCUT2D eigenvalue weighted by molar-refractivity contribution is 0.559. The molecule has 0 aliphatic carbocycles. The molecule has 0 radical (unpaired) electrons. The summed E-state index contributed by atoms with van der Waals surface area (Å²) in [5.41, 5.74) is 1.82. The van der Waals surface area contributed by atoms with E-state index < -0.39 is 22.5 Å². The van der Waals surface area contributed by atoms with Gasteiger partial charge in [0.05, 0.1) is 11.9 Å². The van der Waals surface area contributed by atoms with Crippen LogP contribution in [0.3, 0.4) is 0 Å². The van der Waals surface area contributed by atoms with Crippen molar-refractivity contribution in [3.63, 3.8) is 0 Å². The monoisotopic (exact) mass is 405 g/mol. The Morgan fingerprint density at radius 2 is 1.59 bits per heavy atom. The summed E-state index contributed by atoms with van der Waals surface area (Å²) in [7, 11) is 0. The Morgan fingerprint density at radius 1 is 0.963 bits per heavy atom. The van der Waals surface area contributed by atoms with Gasteiger partial charge < -0.3 is 14.0 Å². The normalized spacial score (nSPS) is 17.4. The topological polar surface area (TPSA) is 74.3 Å². The molecule has 5 nitrogen and oxygen atoms in total. The molecule has 1 fully saturated rings. The van der Waals surface area contributed by atoms with E-state index in [2.05, 4.69) is 14.6 Å². The number of hydrogen-bond acceptors (Lipinski definition) is 5. The Bertz CT molecular complexity index is 744. The molecule has 146 valence electrons. The summed E-state index contributed by atoms with van der Waals surface area (Å²) < 4.78 is 28.0. The van der Waals surface area contributed by atoms with E-state index >= 15 is 0 Å². The minimum absolute atomic E-state index is 0.321. The fraction of sp³-hybridized carbons (Fsp3) is 0.450. The number of benzene rings is 1. The third-order valence-electron chi connectivity index (χ3n) is 4.51. The first kappa shape index (κ1) is 20.3. The van der Waals surface area contributed by atoms with Gasteiger partial charge in [-0.2, -0.15) is 4.72 Å². The Hall–Kier alpha value is -1.41. The van der Waals surface area contributed by atoms with Gasteiger partial charge in [0.25, 0.3) is 0 Å². The van der Waals surface area contributed by atoms with Crippen LogP contribution < -0.4 is 9.62 Å². The van der Waals surface area contributed by atoms with E-state index in [-0.39, 0.29) is 4.75 Å². The molecule has 2 atom stereocenters. The zero-order valence-corrected chi connectivity index (χ0v) is 17.7. The molecule has 0 amide bonds. The zero-order chi connectivity index (χ0) is 19.4. The van der Waals surface area contributed by atoms with Crippen LogP contribution in [0.15, 0.2) is 52.5 Å². The number of nitrogens with zero attached hydrogens (tertiary/aromatic N) is 2. The number of piperidine rings is 1. The van der Waals surface area contributed by atoms with E-state index in [0.29, 0.717) is 4.90 Å². The van der Waals surface area contributed by atoms with Gasteiger partial charge in [0.15, 0.2) is 9.79 Å². The molecule has 1 aromatic heterocycles. The average molecular weight is 406 g/mol. The van der Waals surface area contributed by atoms with Gasteiger partial charge in [0, 0.05) is 31.4 Å². The summed E-state index contributed by atoms with van der Waals surface area (Å²) in [4.78, 5) is 7.91. The van der Waals surface area contributed by atoms with Crippen molar-refractivity contribution in [2.45, 2.75) is 54.6 Å². The van der Waals surface area contributed by atoms with Crippen molar-refractivity contribution in [2.75, 3.05) is 22.7 Å². The minimum Gasteiger partial charge on any atom is -0.611 e. The van der Waals surface area contributed by atoms with Crippen LogP contribution in [-0.2, 0) is 22.5 Å². The summed E-state index contributed by atoms with van der Waals surface area (Å²) >= 11 is -2.51.